The minimum atomic E-state index is -3.19. The van der Waals surface area contributed by atoms with Crippen molar-refractivity contribution in [1.82, 2.24) is 13.5 Å². The molecule has 0 aromatic rings. The highest BCUT2D eigenvalue weighted by atomic mass is 32.2. The summed E-state index contributed by atoms with van der Waals surface area (Å²) < 4.78 is 28.5. The summed E-state index contributed by atoms with van der Waals surface area (Å²) in [5.74, 6) is 1.23. The fourth-order valence-corrected chi connectivity index (χ4v) is 5.36. The summed E-state index contributed by atoms with van der Waals surface area (Å²) in [6.45, 7) is 6.28. The first-order valence-electron chi connectivity index (χ1n) is 6.94. The van der Waals surface area contributed by atoms with E-state index in [1.165, 1.54) is 0 Å². The number of hydrogen-bond acceptors (Lipinski definition) is 3. The zero-order chi connectivity index (χ0) is 12.9. The lowest BCUT2D eigenvalue weighted by molar-refractivity contribution is 0.131. The summed E-state index contributed by atoms with van der Waals surface area (Å²) in [5, 5.41) is 0. The van der Waals surface area contributed by atoms with Gasteiger partial charge in [-0.2, -0.15) is 17.0 Å². The molecule has 3 saturated heterocycles. The fraction of sp³-hybridized carbons (Fsp3) is 1.00. The van der Waals surface area contributed by atoms with Crippen LogP contribution >= 0.6 is 0 Å². The van der Waals surface area contributed by atoms with Gasteiger partial charge in [-0.15, -0.1) is 0 Å². The number of piperidine rings is 1. The molecular formula is C12H23N3O2S. The molecular weight excluding hydrogens is 250 g/mol. The molecule has 104 valence electrons. The standard InChI is InChI=1S/C12H23N3O2S/c1-10-3-5-14(6-4-10)18(16,17)15-8-11-7-13(2)9-12(11)15/h10-12H,3-9H2,1-2H3. The van der Waals surface area contributed by atoms with Crippen LogP contribution in [-0.2, 0) is 10.2 Å². The van der Waals surface area contributed by atoms with Crippen LogP contribution in [0.3, 0.4) is 0 Å². The largest absolute Gasteiger partial charge is 0.304 e. The van der Waals surface area contributed by atoms with Crippen LogP contribution in [0.15, 0.2) is 0 Å². The number of hydrogen-bond donors (Lipinski definition) is 0. The van der Waals surface area contributed by atoms with Crippen LogP contribution in [-0.4, -0.2) is 67.7 Å². The maximum atomic E-state index is 12.6. The van der Waals surface area contributed by atoms with E-state index in [9.17, 15) is 8.42 Å². The Morgan fingerprint density at radius 3 is 2.33 bits per heavy atom. The van der Waals surface area contributed by atoms with Gasteiger partial charge in [-0.05, 0) is 25.8 Å². The molecule has 0 spiro atoms. The summed E-state index contributed by atoms with van der Waals surface area (Å²) in [7, 11) is -1.11. The van der Waals surface area contributed by atoms with Gasteiger partial charge in [-0.25, -0.2) is 0 Å². The van der Waals surface area contributed by atoms with Crippen molar-refractivity contribution in [3.63, 3.8) is 0 Å². The van der Waals surface area contributed by atoms with Crippen molar-refractivity contribution in [3.8, 4) is 0 Å². The molecule has 0 aromatic carbocycles. The van der Waals surface area contributed by atoms with E-state index in [1.807, 2.05) is 0 Å². The third-order valence-corrected chi connectivity index (χ3v) is 6.77. The summed E-state index contributed by atoms with van der Waals surface area (Å²) in [4.78, 5) is 2.24. The fourth-order valence-electron chi connectivity index (χ4n) is 3.43. The van der Waals surface area contributed by atoms with Crippen molar-refractivity contribution in [1.29, 1.82) is 0 Å². The van der Waals surface area contributed by atoms with Crippen molar-refractivity contribution < 1.29 is 8.42 Å². The van der Waals surface area contributed by atoms with Crippen molar-refractivity contribution >= 4 is 10.2 Å². The van der Waals surface area contributed by atoms with Crippen molar-refractivity contribution in [3.05, 3.63) is 0 Å². The molecule has 2 atom stereocenters. The van der Waals surface area contributed by atoms with Crippen molar-refractivity contribution in [2.24, 2.45) is 11.8 Å². The molecule has 3 aliphatic heterocycles. The van der Waals surface area contributed by atoms with Crippen LogP contribution in [0.5, 0.6) is 0 Å². The minimum absolute atomic E-state index is 0.236. The molecule has 0 amide bonds. The Balaban J connectivity index is 1.68. The Morgan fingerprint density at radius 2 is 1.72 bits per heavy atom. The van der Waals surface area contributed by atoms with Crippen molar-refractivity contribution in [2.75, 3.05) is 39.8 Å². The Hall–Kier alpha value is -0.170. The second-order valence-corrected chi connectivity index (χ2v) is 8.09. The van der Waals surface area contributed by atoms with Gasteiger partial charge in [0.2, 0.25) is 0 Å². The van der Waals surface area contributed by atoms with Gasteiger partial charge in [0.15, 0.2) is 0 Å². The molecule has 3 fully saturated rings. The highest BCUT2D eigenvalue weighted by Gasteiger charge is 2.51. The third-order valence-electron chi connectivity index (χ3n) is 4.74. The van der Waals surface area contributed by atoms with Crippen molar-refractivity contribution in [2.45, 2.75) is 25.8 Å². The maximum Gasteiger partial charge on any atom is 0.282 e. The van der Waals surface area contributed by atoms with E-state index in [0.29, 0.717) is 24.9 Å². The number of likely N-dealkylation sites (tertiary alicyclic amines) is 1. The molecule has 2 unspecified atom stereocenters. The van der Waals surface area contributed by atoms with E-state index in [2.05, 4.69) is 18.9 Å². The monoisotopic (exact) mass is 273 g/mol. The van der Waals surface area contributed by atoms with Crippen LogP contribution in [0.4, 0.5) is 0 Å². The number of nitrogens with zero attached hydrogens (tertiary/aromatic N) is 3. The first-order valence-corrected chi connectivity index (χ1v) is 8.33. The first-order chi connectivity index (χ1) is 8.48. The summed E-state index contributed by atoms with van der Waals surface area (Å²) in [5.41, 5.74) is 0. The van der Waals surface area contributed by atoms with Crippen LogP contribution in [0.2, 0.25) is 0 Å². The second-order valence-electron chi connectivity index (χ2n) is 6.21. The normalized spacial score (nSPS) is 36.6. The Morgan fingerprint density at radius 1 is 1.06 bits per heavy atom. The van der Waals surface area contributed by atoms with Crippen LogP contribution in [0, 0.1) is 11.8 Å². The first kappa shape index (κ1) is 12.8. The molecule has 3 aliphatic rings. The van der Waals surface area contributed by atoms with E-state index in [1.54, 1.807) is 8.61 Å². The summed E-state index contributed by atoms with van der Waals surface area (Å²) >= 11 is 0. The van der Waals surface area contributed by atoms with Gasteiger partial charge >= 0.3 is 0 Å². The Kier molecular flexibility index (Phi) is 3.17. The highest BCUT2D eigenvalue weighted by molar-refractivity contribution is 7.86. The van der Waals surface area contributed by atoms with Gasteiger partial charge in [0.25, 0.3) is 10.2 Å². The lowest BCUT2D eigenvalue weighted by Gasteiger charge is -2.45. The third kappa shape index (κ3) is 1.99. The predicted octanol–water partition coefficient (Wildman–Crippen LogP) is 0.209. The lowest BCUT2D eigenvalue weighted by atomic mass is 9.96. The quantitative estimate of drug-likeness (QED) is 0.722. The molecule has 0 bridgehead atoms. The Labute approximate surface area is 110 Å². The van der Waals surface area contributed by atoms with Crippen LogP contribution < -0.4 is 0 Å². The average molecular weight is 273 g/mol. The van der Waals surface area contributed by atoms with E-state index in [-0.39, 0.29) is 6.04 Å². The molecule has 0 radical (unpaired) electrons. The topological polar surface area (TPSA) is 43.9 Å². The molecule has 0 saturated carbocycles. The molecule has 0 N–H and O–H groups in total. The summed E-state index contributed by atoms with van der Waals surface area (Å²) in [6.07, 6.45) is 2.00. The predicted molar refractivity (Wildman–Crippen MR) is 70.4 cm³/mol. The number of fused-ring (bicyclic) bond motifs is 1. The molecule has 0 aromatic heterocycles. The number of likely N-dealkylation sites (N-methyl/N-ethyl adjacent to an activating group) is 1. The van der Waals surface area contributed by atoms with Gasteiger partial charge in [0, 0.05) is 44.7 Å². The molecule has 3 rings (SSSR count). The van der Waals surface area contributed by atoms with E-state index in [0.717, 1.165) is 32.5 Å². The smallest absolute Gasteiger partial charge is 0.282 e. The van der Waals surface area contributed by atoms with Crippen LogP contribution in [0.25, 0.3) is 0 Å². The van der Waals surface area contributed by atoms with Gasteiger partial charge in [0.1, 0.15) is 0 Å². The molecule has 5 nitrogen and oxygen atoms in total. The zero-order valence-electron chi connectivity index (χ0n) is 11.2. The Bertz CT molecular complexity index is 417. The lowest BCUT2D eigenvalue weighted by Crippen LogP contribution is -2.62. The number of rotatable bonds is 2. The van der Waals surface area contributed by atoms with Gasteiger partial charge in [0.05, 0.1) is 0 Å². The van der Waals surface area contributed by atoms with E-state index in [4.69, 9.17) is 0 Å². The molecule has 18 heavy (non-hydrogen) atoms. The van der Waals surface area contributed by atoms with E-state index >= 15 is 0 Å². The van der Waals surface area contributed by atoms with Gasteiger partial charge in [-0.3, -0.25) is 0 Å². The van der Waals surface area contributed by atoms with Gasteiger partial charge < -0.3 is 4.90 Å². The second kappa shape index (κ2) is 4.44. The zero-order valence-corrected chi connectivity index (χ0v) is 12.1. The molecule has 3 heterocycles. The summed E-state index contributed by atoms with van der Waals surface area (Å²) in [6, 6.07) is 0.236. The average Bonchev–Trinajstić information content (AvgIpc) is 2.57. The van der Waals surface area contributed by atoms with Gasteiger partial charge in [-0.1, -0.05) is 6.92 Å². The minimum Gasteiger partial charge on any atom is -0.304 e. The molecule has 0 aliphatic carbocycles. The SMILES string of the molecule is CC1CCN(S(=O)(=O)N2CC3CN(C)CC32)CC1. The van der Waals surface area contributed by atoms with Crippen LogP contribution in [0.1, 0.15) is 19.8 Å². The van der Waals surface area contributed by atoms with E-state index < -0.39 is 10.2 Å². The highest BCUT2D eigenvalue weighted by Crippen LogP contribution is 2.35. The maximum absolute atomic E-state index is 12.6. The molecule has 6 heteroatoms.